The Morgan fingerprint density at radius 3 is 2.12 bits per heavy atom. The number of rotatable bonds is 7. The van der Waals surface area contributed by atoms with E-state index in [4.69, 9.17) is 4.74 Å². The Balaban J connectivity index is 2.28. The molecule has 2 aromatic rings. The number of hydrogen-bond acceptors (Lipinski definition) is 6. The molecule has 6 nitrogen and oxygen atoms in total. The lowest BCUT2D eigenvalue weighted by Gasteiger charge is -2.09. The number of carbonyl (C=O) groups is 3. The molecule has 0 saturated heterocycles. The fraction of sp³-hybridized carbons (Fsp3) is 0.278. The van der Waals surface area contributed by atoms with E-state index in [-0.39, 0.29) is 31.0 Å². The molecule has 0 spiro atoms. The van der Waals surface area contributed by atoms with Crippen LogP contribution in [0.5, 0.6) is 0 Å². The second kappa shape index (κ2) is 8.10. The molecule has 0 saturated carbocycles. The van der Waals surface area contributed by atoms with E-state index in [1.807, 2.05) is 0 Å². The quantitative estimate of drug-likeness (QED) is 0.573. The maximum absolute atomic E-state index is 12.6. The summed E-state index contributed by atoms with van der Waals surface area (Å²) in [5, 5.41) is 0. The first-order valence-electron chi connectivity index (χ1n) is 7.58. The van der Waals surface area contributed by atoms with E-state index in [1.54, 1.807) is 13.0 Å². The zero-order chi connectivity index (χ0) is 17.5. The summed E-state index contributed by atoms with van der Waals surface area (Å²) in [5.41, 5.74) is 1.82. The minimum absolute atomic E-state index is 0.00307. The van der Waals surface area contributed by atoms with Crippen LogP contribution in [0, 0.1) is 0 Å². The van der Waals surface area contributed by atoms with Crippen LogP contribution in [-0.2, 0) is 22.4 Å². The fourth-order valence-electron chi connectivity index (χ4n) is 2.35. The molecule has 124 valence electrons. The van der Waals surface area contributed by atoms with Crippen LogP contribution in [0.3, 0.4) is 0 Å². The zero-order valence-electron chi connectivity index (χ0n) is 13.6. The molecule has 0 unspecified atom stereocenters. The molecule has 0 aliphatic heterocycles. The highest BCUT2D eigenvalue weighted by molar-refractivity contribution is 6.01. The van der Waals surface area contributed by atoms with Crippen molar-refractivity contribution in [2.24, 2.45) is 0 Å². The third-order valence-corrected chi connectivity index (χ3v) is 3.39. The number of aromatic nitrogens is 2. The maximum Gasteiger partial charge on any atom is 0.338 e. The minimum Gasteiger partial charge on any atom is -0.462 e. The highest BCUT2D eigenvalue weighted by Gasteiger charge is 2.18. The zero-order valence-corrected chi connectivity index (χ0v) is 13.6. The van der Waals surface area contributed by atoms with Gasteiger partial charge in [-0.3, -0.25) is 19.6 Å². The molecule has 0 aliphatic rings. The van der Waals surface area contributed by atoms with Gasteiger partial charge >= 0.3 is 5.97 Å². The first-order valence-corrected chi connectivity index (χ1v) is 7.58. The third kappa shape index (κ3) is 4.32. The van der Waals surface area contributed by atoms with Gasteiger partial charge in [0.2, 0.25) is 0 Å². The van der Waals surface area contributed by atoms with Gasteiger partial charge in [0.1, 0.15) is 5.78 Å². The second-order valence-electron chi connectivity index (χ2n) is 5.26. The van der Waals surface area contributed by atoms with Gasteiger partial charge in [-0.1, -0.05) is 0 Å². The molecule has 0 aromatic carbocycles. The predicted octanol–water partition coefficient (Wildman–Crippen LogP) is 2.21. The molecule has 0 aliphatic carbocycles. The van der Waals surface area contributed by atoms with Crippen LogP contribution in [-0.4, -0.2) is 34.1 Å². The number of ether oxygens (including phenoxy) is 1. The summed E-state index contributed by atoms with van der Waals surface area (Å²) < 4.78 is 5.00. The summed E-state index contributed by atoms with van der Waals surface area (Å²) in [7, 11) is 0. The Labute approximate surface area is 139 Å². The van der Waals surface area contributed by atoms with Crippen LogP contribution in [0.2, 0.25) is 0 Å². The number of ketones is 2. The molecule has 0 bridgehead atoms. The van der Waals surface area contributed by atoms with Crippen molar-refractivity contribution in [1.82, 2.24) is 9.97 Å². The lowest BCUT2D eigenvalue weighted by molar-refractivity contribution is -0.116. The summed E-state index contributed by atoms with van der Waals surface area (Å²) in [4.78, 5) is 43.9. The molecule has 0 N–H and O–H groups in total. The van der Waals surface area contributed by atoms with Gasteiger partial charge in [0.15, 0.2) is 5.78 Å². The van der Waals surface area contributed by atoms with E-state index in [1.165, 1.54) is 37.8 Å². The van der Waals surface area contributed by atoms with Crippen molar-refractivity contribution in [3.05, 3.63) is 59.2 Å². The van der Waals surface area contributed by atoms with Crippen LogP contribution in [0.4, 0.5) is 0 Å². The first kappa shape index (κ1) is 17.5. The van der Waals surface area contributed by atoms with Crippen LogP contribution >= 0.6 is 0 Å². The van der Waals surface area contributed by atoms with E-state index in [2.05, 4.69) is 9.97 Å². The molecular weight excluding hydrogens is 308 g/mol. The Bertz CT molecular complexity index is 771. The first-order chi connectivity index (χ1) is 11.5. The van der Waals surface area contributed by atoms with Crippen molar-refractivity contribution < 1.29 is 19.1 Å². The summed E-state index contributed by atoms with van der Waals surface area (Å²) in [6, 6.07) is 3.12. The average molecular weight is 326 g/mol. The van der Waals surface area contributed by atoms with Crippen molar-refractivity contribution in [3.8, 4) is 0 Å². The molecule has 0 radical (unpaired) electrons. The number of pyridine rings is 2. The lowest BCUT2D eigenvalue weighted by atomic mass is 9.96. The van der Waals surface area contributed by atoms with Crippen molar-refractivity contribution in [2.45, 2.75) is 26.7 Å². The molecule has 2 rings (SSSR count). The maximum atomic E-state index is 12.6. The lowest BCUT2D eigenvalue weighted by Crippen LogP contribution is -2.14. The van der Waals surface area contributed by atoms with E-state index in [0.29, 0.717) is 22.3 Å². The van der Waals surface area contributed by atoms with Gasteiger partial charge in [-0.05, 0) is 37.1 Å². The minimum atomic E-state index is -0.485. The smallest absolute Gasteiger partial charge is 0.338 e. The Hall–Kier alpha value is -2.89. The van der Waals surface area contributed by atoms with E-state index < -0.39 is 5.97 Å². The van der Waals surface area contributed by atoms with Crippen LogP contribution in [0.25, 0.3) is 0 Å². The van der Waals surface area contributed by atoms with Gasteiger partial charge in [-0.2, -0.15) is 0 Å². The summed E-state index contributed by atoms with van der Waals surface area (Å²) >= 11 is 0. The van der Waals surface area contributed by atoms with Crippen molar-refractivity contribution >= 4 is 17.5 Å². The summed E-state index contributed by atoms with van der Waals surface area (Å²) in [6.45, 7) is 3.43. The molecular formula is C18H18N2O4. The van der Waals surface area contributed by atoms with Crippen molar-refractivity contribution in [3.63, 3.8) is 0 Å². The monoisotopic (exact) mass is 326 g/mol. The van der Waals surface area contributed by atoms with Gasteiger partial charge in [0, 0.05) is 43.2 Å². The van der Waals surface area contributed by atoms with Crippen molar-refractivity contribution in [2.75, 3.05) is 6.61 Å². The molecule has 2 heterocycles. The van der Waals surface area contributed by atoms with E-state index in [0.717, 1.165) is 0 Å². The third-order valence-electron chi connectivity index (χ3n) is 3.39. The average Bonchev–Trinajstić information content (AvgIpc) is 2.55. The number of nitrogens with zero attached hydrogens (tertiary/aromatic N) is 2. The molecule has 0 fully saturated rings. The number of hydrogen-bond donors (Lipinski definition) is 0. The van der Waals surface area contributed by atoms with Gasteiger partial charge in [-0.15, -0.1) is 0 Å². The molecule has 6 heteroatoms. The van der Waals surface area contributed by atoms with Gasteiger partial charge < -0.3 is 4.74 Å². The molecule has 24 heavy (non-hydrogen) atoms. The SMILES string of the molecule is CCOC(=O)c1ccncc1CC(=O)c1ccncc1CC(C)=O. The topological polar surface area (TPSA) is 86.2 Å². The summed E-state index contributed by atoms with van der Waals surface area (Å²) in [6.07, 6.45) is 6.13. The predicted molar refractivity (Wildman–Crippen MR) is 86.9 cm³/mol. The number of esters is 1. The standard InChI is InChI=1S/C18H18N2O4/c1-3-24-18(23)16-5-7-20-11-14(16)9-17(22)15-4-6-19-10-13(15)8-12(2)21/h4-7,10-11H,3,8-9H2,1-2H3. The Morgan fingerprint density at radius 1 is 0.958 bits per heavy atom. The van der Waals surface area contributed by atoms with Crippen LogP contribution in [0.15, 0.2) is 36.9 Å². The van der Waals surface area contributed by atoms with E-state index in [9.17, 15) is 14.4 Å². The molecule has 0 atom stereocenters. The number of carbonyl (C=O) groups excluding carboxylic acids is 3. The molecule has 2 aromatic heterocycles. The highest BCUT2D eigenvalue weighted by Crippen LogP contribution is 2.16. The van der Waals surface area contributed by atoms with Gasteiger partial charge in [0.05, 0.1) is 12.2 Å². The molecule has 0 amide bonds. The largest absolute Gasteiger partial charge is 0.462 e. The highest BCUT2D eigenvalue weighted by atomic mass is 16.5. The van der Waals surface area contributed by atoms with E-state index >= 15 is 0 Å². The van der Waals surface area contributed by atoms with Crippen molar-refractivity contribution in [1.29, 1.82) is 0 Å². The normalized spacial score (nSPS) is 10.2. The second-order valence-corrected chi connectivity index (χ2v) is 5.26. The van der Waals surface area contributed by atoms with Gasteiger partial charge in [0.25, 0.3) is 0 Å². The summed E-state index contributed by atoms with van der Waals surface area (Å²) in [5.74, 6) is -0.737. The van der Waals surface area contributed by atoms with Crippen LogP contribution in [0.1, 0.15) is 45.7 Å². The van der Waals surface area contributed by atoms with Gasteiger partial charge in [-0.25, -0.2) is 4.79 Å². The Kier molecular flexibility index (Phi) is 5.89. The fourth-order valence-corrected chi connectivity index (χ4v) is 2.35. The number of Topliss-reactive ketones (excluding diaryl/α,β-unsaturated/α-hetero) is 2. The Morgan fingerprint density at radius 2 is 1.54 bits per heavy atom. The van der Waals surface area contributed by atoms with Crippen LogP contribution < -0.4 is 0 Å².